The number of anilines is 2. The van der Waals surface area contributed by atoms with Crippen LogP contribution in [0.4, 0.5) is 11.4 Å². The predicted molar refractivity (Wildman–Crippen MR) is 60.1 cm³/mol. The van der Waals surface area contributed by atoms with Gasteiger partial charge in [0, 0.05) is 6.54 Å². The highest BCUT2D eigenvalue weighted by atomic mass is 35.5. The molecule has 0 radical (unpaired) electrons. The Hall–Kier alpha value is -0.890. The summed E-state index contributed by atoms with van der Waals surface area (Å²) in [5.74, 6) is 0. The molecule has 0 bridgehead atoms. The third-order valence-electron chi connectivity index (χ3n) is 3.33. The van der Waals surface area contributed by atoms with Crippen LogP contribution < -0.4 is 10.6 Å². The van der Waals surface area contributed by atoms with Crippen molar-refractivity contribution in [2.24, 2.45) is 0 Å². The van der Waals surface area contributed by atoms with Gasteiger partial charge in [0.2, 0.25) is 0 Å². The Balaban J connectivity index is 1.98. The number of fused-ring (bicyclic) bond motifs is 1. The van der Waals surface area contributed by atoms with Gasteiger partial charge in [0.1, 0.15) is 0 Å². The summed E-state index contributed by atoms with van der Waals surface area (Å²) >= 11 is 6.09. The topological polar surface area (TPSA) is 24.1 Å². The quantitative estimate of drug-likeness (QED) is 0.685. The average molecular weight is 209 g/mol. The van der Waals surface area contributed by atoms with Crippen LogP contribution in [0.25, 0.3) is 0 Å². The lowest BCUT2D eigenvalue weighted by molar-refractivity contribution is 0.291. The van der Waals surface area contributed by atoms with E-state index in [4.69, 9.17) is 11.6 Å². The molecule has 1 saturated carbocycles. The molecular weight excluding hydrogens is 196 g/mol. The first kappa shape index (κ1) is 8.42. The van der Waals surface area contributed by atoms with Gasteiger partial charge in [0.05, 0.1) is 21.9 Å². The van der Waals surface area contributed by atoms with Crippen LogP contribution in [0, 0.1) is 0 Å². The van der Waals surface area contributed by atoms with Crippen LogP contribution in [-0.4, -0.2) is 12.1 Å². The summed E-state index contributed by atoms with van der Waals surface area (Å²) in [7, 11) is 0. The summed E-state index contributed by atoms with van der Waals surface area (Å²) in [5.41, 5.74) is 2.53. The minimum atomic E-state index is 0.317. The number of nitrogens with one attached hydrogen (secondary N) is 2. The van der Waals surface area contributed by atoms with Gasteiger partial charge in [-0.1, -0.05) is 17.7 Å². The molecule has 14 heavy (non-hydrogen) atoms. The fourth-order valence-electron chi connectivity index (χ4n) is 2.30. The largest absolute Gasteiger partial charge is 0.380 e. The molecule has 74 valence electrons. The zero-order valence-electron chi connectivity index (χ0n) is 7.94. The number of benzene rings is 1. The van der Waals surface area contributed by atoms with Crippen LogP contribution in [-0.2, 0) is 0 Å². The maximum Gasteiger partial charge on any atom is 0.0766 e. The second-order valence-corrected chi connectivity index (χ2v) is 4.68. The zero-order valence-corrected chi connectivity index (χ0v) is 8.69. The Bertz CT molecular complexity index is 372. The van der Waals surface area contributed by atoms with Crippen molar-refractivity contribution in [3.8, 4) is 0 Å². The van der Waals surface area contributed by atoms with E-state index in [2.05, 4.69) is 16.7 Å². The average Bonchev–Trinajstić information content (AvgIpc) is 2.15. The molecule has 1 heterocycles. The smallest absolute Gasteiger partial charge is 0.0766 e. The summed E-state index contributed by atoms with van der Waals surface area (Å²) in [6.45, 7) is 1.00. The van der Waals surface area contributed by atoms with Crippen LogP contribution in [0.3, 0.4) is 0 Å². The van der Waals surface area contributed by atoms with Crippen LogP contribution in [0.2, 0.25) is 5.02 Å². The Kier molecular flexibility index (Phi) is 1.68. The molecule has 3 heteroatoms. The minimum absolute atomic E-state index is 0.317. The van der Waals surface area contributed by atoms with Gasteiger partial charge in [-0.05, 0) is 31.4 Å². The second kappa shape index (κ2) is 2.80. The van der Waals surface area contributed by atoms with Crippen LogP contribution >= 0.6 is 11.6 Å². The van der Waals surface area contributed by atoms with Gasteiger partial charge < -0.3 is 10.6 Å². The third kappa shape index (κ3) is 1.10. The van der Waals surface area contributed by atoms with Crippen molar-refractivity contribution in [1.29, 1.82) is 0 Å². The Morgan fingerprint density at radius 3 is 2.86 bits per heavy atom. The number of halogens is 1. The van der Waals surface area contributed by atoms with Gasteiger partial charge >= 0.3 is 0 Å². The second-order valence-electron chi connectivity index (χ2n) is 4.27. The van der Waals surface area contributed by atoms with Crippen molar-refractivity contribution in [2.45, 2.75) is 24.8 Å². The molecule has 0 aromatic heterocycles. The Morgan fingerprint density at radius 1 is 1.29 bits per heavy atom. The van der Waals surface area contributed by atoms with E-state index < -0.39 is 0 Å². The molecular formula is C11H13ClN2. The third-order valence-corrected chi connectivity index (χ3v) is 3.64. The molecule has 0 atom stereocenters. The van der Waals surface area contributed by atoms with Crippen molar-refractivity contribution < 1.29 is 0 Å². The lowest BCUT2D eigenvalue weighted by atomic mass is 9.75. The van der Waals surface area contributed by atoms with E-state index in [0.717, 1.165) is 22.9 Å². The van der Waals surface area contributed by atoms with E-state index in [0.29, 0.717) is 5.54 Å². The highest BCUT2D eigenvalue weighted by Gasteiger charge is 2.39. The molecule has 0 amide bonds. The lowest BCUT2D eigenvalue weighted by Gasteiger charge is -2.47. The molecule has 0 unspecified atom stereocenters. The van der Waals surface area contributed by atoms with Crippen molar-refractivity contribution in [2.75, 3.05) is 17.2 Å². The van der Waals surface area contributed by atoms with Gasteiger partial charge in [-0.2, -0.15) is 0 Å². The molecule has 1 aliphatic carbocycles. The van der Waals surface area contributed by atoms with E-state index in [1.54, 1.807) is 0 Å². The predicted octanol–water partition coefficient (Wildman–Crippen LogP) is 3.10. The van der Waals surface area contributed by atoms with Crippen molar-refractivity contribution >= 4 is 23.0 Å². The fraction of sp³-hybridized carbons (Fsp3) is 0.455. The monoisotopic (exact) mass is 208 g/mol. The van der Waals surface area contributed by atoms with Crippen LogP contribution in [0.1, 0.15) is 19.3 Å². The summed E-state index contributed by atoms with van der Waals surface area (Å²) in [5, 5.41) is 7.84. The zero-order chi connectivity index (χ0) is 9.60. The van der Waals surface area contributed by atoms with Crippen LogP contribution in [0.5, 0.6) is 0 Å². The van der Waals surface area contributed by atoms with Crippen LogP contribution in [0.15, 0.2) is 18.2 Å². The summed E-state index contributed by atoms with van der Waals surface area (Å²) in [4.78, 5) is 0. The van der Waals surface area contributed by atoms with E-state index >= 15 is 0 Å². The van der Waals surface area contributed by atoms with E-state index in [9.17, 15) is 0 Å². The Morgan fingerprint density at radius 2 is 2.14 bits per heavy atom. The molecule has 1 spiro atoms. The molecule has 2 aliphatic rings. The number of hydrogen-bond donors (Lipinski definition) is 2. The molecule has 2 nitrogen and oxygen atoms in total. The maximum atomic E-state index is 6.09. The lowest BCUT2D eigenvalue weighted by Crippen LogP contribution is -2.52. The van der Waals surface area contributed by atoms with Gasteiger partial charge in [-0.25, -0.2) is 0 Å². The number of para-hydroxylation sites is 1. The molecule has 1 aliphatic heterocycles. The normalized spacial score (nSPS) is 21.8. The Labute approximate surface area is 88.6 Å². The number of rotatable bonds is 0. The molecule has 1 fully saturated rings. The standard InChI is InChI=1S/C11H13ClN2/c12-8-3-1-4-9-10(8)13-7-11(14-9)5-2-6-11/h1,3-4,13-14H,2,5-7H2. The maximum absolute atomic E-state index is 6.09. The summed E-state index contributed by atoms with van der Waals surface area (Å²) < 4.78 is 0. The van der Waals surface area contributed by atoms with Gasteiger partial charge in [-0.3, -0.25) is 0 Å². The molecule has 0 saturated heterocycles. The van der Waals surface area contributed by atoms with E-state index in [1.165, 1.54) is 19.3 Å². The molecule has 2 N–H and O–H groups in total. The molecule has 3 rings (SSSR count). The van der Waals surface area contributed by atoms with Gasteiger partial charge in [-0.15, -0.1) is 0 Å². The first-order valence-electron chi connectivity index (χ1n) is 5.10. The summed E-state index contributed by atoms with van der Waals surface area (Å²) in [6.07, 6.45) is 3.88. The number of hydrogen-bond acceptors (Lipinski definition) is 2. The minimum Gasteiger partial charge on any atom is -0.380 e. The van der Waals surface area contributed by atoms with E-state index in [1.807, 2.05) is 12.1 Å². The van der Waals surface area contributed by atoms with Crippen molar-refractivity contribution in [1.82, 2.24) is 0 Å². The van der Waals surface area contributed by atoms with Gasteiger partial charge in [0.25, 0.3) is 0 Å². The van der Waals surface area contributed by atoms with Crippen molar-refractivity contribution in [3.05, 3.63) is 23.2 Å². The van der Waals surface area contributed by atoms with Gasteiger partial charge in [0.15, 0.2) is 0 Å². The van der Waals surface area contributed by atoms with Crippen molar-refractivity contribution in [3.63, 3.8) is 0 Å². The SMILES string of the molecule is Clc1cccc2c1NCC1(CCC1)N2. The highest BCUT2D eigenvalue weighted by molar-refractivity contribution is 6.34. The fourth-order valence-corrected chi connectivity index (χ4v) is 2.54. The highest BCUT2D eigenvalue weighted by Crippen LogP contribution is 2.43. The van der Waals surface area contributed by atoms with E-state index in [-0.39, 0.29) is 0 Å². The summed E-state index contributed by atoms with van der Waals surface area (Å²) in [6, 6.07) is 6.01. The molecule has 1 aromatic carbocycles. The first-order valence-corrected chi connectivity index (χ1v) is 5.48. The molecule has 1 aromatic rings. The first-order chi connectivity index (χ1) is 6.79.